The molecule has 0 aromatic carbocycles. The summed E-state index contributed by atoms with van der Waals surface area (Å²) in [7, 11) is 0. The van der Waals surface area contributed by atoms with Crippen LogP contribution in [0.5, 0.6) is 0 Å². The highest BCUT2D eigenvalue weighted by molar-refractivity contribution is 5.84. The molecule has 6 nitrogen and oxygen atoms in total. The van der Waals surface area contributed by atoms with E-state index in [1.54, 1.807) is 6.08 Å². The van der Waals surface area contributed by atoms with Gasteiger partial charge in [-0.25, -0.2) is 4.79 Å². The molecule has 0 aromatic heterocycles. The van der Waals surface area contributed by atoms with Crippen LogP contribution >= 0.6 is 0 Å². The normalized spacial score (nSPS) is 11.4. The molecule has 108 valence electrons. The number of carbonyl (C=O) groups excluding carboxylic acids is 2. The number of carboxylic acid groups (broad SMARTS) is 1. The molecule has 2 amide bonds. The summed E-state index contributed by atoms with van der Waals surface area (Å²) in [6, 6.07) is -0.894. The smallest absolute Gasteiger partial charge is 0.326 e. The number of amides is 2. The maximum atomic E-state index is 11.5. The molecule has 0 aliphatic carbocycles. The summed E-state index contributed by atoms with van der Waals surface area (Å²) < 4.78 is 0. The molecule has 0 aliphatic heterocycles. The van der Waals surface area contributed by atoms with Gasteiger partial charge in [0.15, 0.2) is 0 Å². The molecule has 0 aliphatic rings. The van der Waals surface area contributed by atoms with Crippen LogP contribution in [0.25, 0.3) is 0 Å². The van der Waals surface area contributed by atoms with E-state index in [1.807, 2.05) is 6.92 Å². The van der Waals surface area contributed by atoms with Gasteiger partial charge in [-0.3, -0.25) is 9.59 Å². The monoisotopic (exact) mass is 270 g/mol. The minimum Gasteiger partial charge on any atom is -0.480 e. The first kappa shape index (κ1) is 17.2. The Kier molecular flexibility index (Phi) is 9.12. The van der Waals surface area contributed by atoms with Gasteiger partial charge in [0, 0.05) is 19.4 Å². The zero-order valence-electron chi connectivity index (χ0n) is 11.3. The number of carbonyl (C=O) groups is 3. The zero-order valence-corrected chi connectivity index (χ0v) is 11.3. The van der Waals surface area contributed by atoms with Crippen LogP contribution in [0.1, 0.15) is 39.0 Å². The summed E-state index contributed by atoms with van der Waals surface area (Å²) in [5.74, 6) is -1.50. The van der Waals surface area contributed by atoms with E-state index in [-0.39, 0.29) is 24.7 Å². The van der Waals surface area contributed by atoms with Crippen molar-refractivity contribution in [2.24, 2.45) is 0 Å². The van der Waals surface area contributed by atoms with Crippen LogP contribution in [0.15, 0.2) is 12.7 Å². The molecular formula is C13H22N2O4. The molecule has 1 unspecified atom stereocenters. The summed E-state index contributed by atoms with van der Waals surface area (Å²) in [6.07, 6.45) is 3.28. The lowest BCUT2D eigenvalue weighted by Gasteiger charge is -2.13. The highest BCUT2D eigenvalue weighted by atomic mass is 16.4. The van der Waals surface area contributed by atoms with Gasteiger partial charge in [0.1, 0.15) is 6.04 Å². The largest absolute Gasteiger partial charge is 0.480 e. The van der Waals surface area contributed by atoms with Crippen LogP contribution in [-0.2, 0) is 14.4 Å². The molecule has 0 heterocycles. The number of hydrogen-bond donors (Lipinski definition) is 3. The average Bonchev–Trinajstić information content (AvgIpc) is 2.34. The van der Waals surface area contributed by atoms with Crippen molar-refractivity contribution in [3.05, 3.63) is 12.7 Å². The lowest BCUT2D eigenvalue weighted by molar-refractivity contribution is -0.142. The quantitative estimate of drug-likeness (QED) is 0.512. The Morgan fingerprint density at radius 1 is 1.26 bits per heavy atom. The van der Waals surface area contributed by atoms with Crippen molar-refractivity contribution in [2.45, 2.75) is 45.1 Å². The molecule has 6 heteroatoms. The van der Waals surface area contributed by atoms with Crippen LogP contribution in [0.3, 0.4) is 0 Å². The molecule has 0 saturated heterocycles. The maximum absolute atomic E-state index is 11.5. The summed E-state index contributed by atoms with van der Waals surface area (Å²) in [6.45, 7) is 5.89. The minimum atomic E-state index is -1.06. The van der Waals surface area contributed by atoms with Gasteiger partial charge in [-0.05, 0) is 26.2 Å². The Hall–Kier alpha value is -1.85. The van der Waals surface area contributed by atoms with Gasteiger partial charge in [-0.15, -0.1) is 6.58 Å². The van der Waals surface area contributed by atoms with Crippen molar-refractivity contribution in [1.29, 1.82) is 0 Å². The second-order valence-electron chi connectivity index (χ2n) is 4.13. The van der Waals surface area contributed by atoms with Crippen molar-refractivity contribution in [2.75, 3.05) is 6.54 Å². The minimum absolute atomic E-state index is 0.100. The molecule has 0 rings (SSSR count). The Morgan fingerprint density at radius 3 is 2.42 bits per heavy atom. The van der Waals surface area contributed by atoms with E-state index < -0.39 is 12.0 Å². The van der Waals surface area contributed by atoms with Crippen molar-refractivity contribution in [3.8, 4) is 0 Å². The standard InChI is InChI=1S/C13H22N2O4/c1-3-5-7-10(13(18)19)15-12(17)9-6-8-11(16)14-4-2/h3,10H,1,4-9H2,2H3,(H,14,16)(H,15,17)(H,18,19). The first-order valence-electron chi connectivity index (χ1n) is 6.41. The fourth-order valence-corrected chi connectivity index (χ4v) is 1.50. The van der Waals surface area contributed by atoms with Gasteiger partial charge in [0.25, 0.3) is 0 Å². The Morgan fingerprint density at radius 2 is 1.89 bits per heavy atom. The van der Waals surface area contributed by atoms with Gasteiger partial charge < -0.3 is 15.7 Å². The Labute approximate surface area is 113 Å². The molecule has 3 N–H and O–H groups in total. The zero-order chi connectivity index (χ0) is 14.7. The van der Waals surface area contributed by atoms with Gasteiger partial charge >= 0.3 is 5.97 Å². The van der Waals surface area contributed by atoms with Crippen molar-refractivity contribution in [3.63, 3.8) is 0 Å². The Bertz CT molecular complexity index is 329. The third-order valence-corrected chi connectivity index (χ3v) is 2.47. The number of aliphatic carboxylic acids is 1. The Balaban J connectivity index is 3.96. The topological polar surface area (TPSA) is 95.5 Å². The third-order valence-electron chi connectivity index (χ3n) is 2.47. The van der Waals surface area contributed by atoms with Gasteiger partial charge in [0.2, 0.25) is 11.8 Å². The third kappa shape index (κ3) is 8.82. The highest BCUT2D eigenvalue weighted by Gasteiger charge is 2.18. The van der Waals surface area contributed by atoms with Crippen molar-refractivity contribution >= 4 is 17.8 Å². The predicted octanol–water partition coefficient (Wildman–Crippen LogP) is 0.828. The van der Waals surface area contributed by atoms with Crippen LogP contribution < -0.4 is 10.6 Å². The number of carboxylic acids is 1. The fourth-order valence-electron chi connectivity index (χ4n) is 1.50. The lowest BCUT2D eigenvalue weighted by atomic mass is 10.1. The maximum Gasteiger partial charge on any atom is 0.326 e. The molecular weight excluding hydrogens is 248 g/mol. The molecule has 0 spiro atoms. The van der Waals surface area contributed by atoms with Crippen molar-refractivity contribution in [1.82, 2.24) is 10.6 Å². The molecule has 0 fully saturated rings. The molecule has 0 bridgehead atoms. The first-order chi connectivity index (χ1) is 9.01. The lowest BCUT2D eigenvalue weighted by Crippen LogP contribution is -2.40. The predicted molar refractivity (Wildman–Crippen MR) is 71.5 cm³/mol. The van der Waals surface area contributed by atoms with Crippen LogP contribution in [0.4, 0.5) is 0 Å². The van der Waals surface area contributed by atoms with Gasteiger partial charge in [0.05, 0.1) is 0 Å². The van der Waals surface area contributed by atoms with E-state index in [2.05, 4.69) is 17.2 Å². The fraction of sp³-hybridized carbons (Fsp3) is 0.615. The van der Waals surface area contributed by atoms with E-state index >= 15 is 0 Å². The second kappa shape index (κ2) is 10.1. The summed E-state index contributed by atoms with van der Waals surface area (Å²) in [5.41, 5.74) is 0. The SMILES string of the molecule is C=CCCC(NC(=O)CCCC(=O)NCC)C(=O)O. The number of allylic oxidation sites excluding steroid dienone is 1. The molecule has 19 heavy (non-hydrogen) atoms. The van der Waals surface area contributed by atoms with E-state index in [4.69, 9.17) is 5.11 Å². The summed E-state index contributed by atoms with van der Waals surface area (Å²) in [4.78, 5) is 33.6. The summed E-state index contributed by atoms with van der Waals surface area (Å²) in [5, 5.41) is 14.0. The molecule has 0 aromatic rings. The molecule has 1 atom stereocenters. The van der Waals surface area contributed by atoms with Crippen molar-refractivity contribution < 1.29 is 19.5 Å². The number of nitrogens with one attached hydrogen (secondary N) is 2. The summed E-state index contributed by atoms with van der Waals surface area (Å²) >= 11 is 0. The number of hydrogen-bond acceptors (Lipinski definition) is 3. The van der Waals surface area contributed by atoms with E-state index in [1.165, 1.54) is 0 Å². The average molecular weight is 270 g/mol. The molecule has 0 saturated carbocycles. The van der Waals surface area contributed by atoms with Crippen LogP contribution in [0.2, 0.25) is 0 Å². The van der Waals surface area contributed by atoms with E-state index in [0.717, 1.165) is 0 Å². The van der Waals surface area contributed by atoms with Crippen LogP contribution in [0, 0.1) is 0 Å². The van der Waals surface area contributed by atoms with E-state index in [0.29, 0.717) is 25.8 Å². The second-order valence-corrected chi connectivity index (χ2v) is 4.13. The van der Waals surface area contributed by atoms with Gasteiger partial charge in [-0.2, -0.15) is 0 Å². The van der Waals surface area contributed by atoms with Gasteiger partial charge in [-0.1, -0.05) is 6.08 Å². The highest BCUT2D eigenvalue weighted by Crippen LogP contribution is 2.01. The first-order valence-corrected chi connectivity index (χ1v) is 6.41. The van der Waals surface area contributed by atoms with E-state index in [9.17, 15) is 14.4 Å². The molecule has 0 radical (unpaired) electrons. The number of rotatable bonds is 10. The van der Waals surface area contributed by atoms with Crippen LogP contribution in [-0.4, -0.2) is 35.5 Å².